The van der Waals surface area contributed by atoms with Crippen LogP contribution in [-0.2, 0) is 9.59 Å². The first kappa shape index (κ1) is 9.39. The zero-order valence-electron chi connectivity index (χ0n) is 7.98. The average molecular weight is 204 g/mol. The third kappa shape index (κ3) is 1.48. The monoisotopic (exact) mass is 204 g/mol. The molecule has 5 heteroatoms. The number of urea groups is 1. The van der Waals surface area contributed by atoms with E-state index < -0.39 is 17.8 Å². The van der Waals surface area contributed by atoms with Gasteiger partial charge in [-0.25, -0.2) is 9.69 Å². The molecule has 4 amide bonds. The fourth-order valence-corrected chi connectivity index (χ4v) is 1.40. The molecule has 1 saturated heterocycles. The number of amides is 4. The van der Waals surface area contributed by atoms with E-state index in [1.165, 1.54) is 0 Å². The fraction of sp³-hybridized carbons (Fsp3) is 0.100. The summed E-state index contributed by atoms with van der Waals surface area (Å²) in [5.41, 5.74) is 1.32. The molecule has 1 aliphatic heterocycles. The Morgan fingerprint density at radius 2 is 1.93 bits per heavy atom. The Morgan fingerprint density at radius 3 is 2.47 bits per heavy atom. The summed E-state index contributed by atoms with van der Waals surface area (Å²) < 4.78 is 0. The van der Waals surface area contributed by atoms with Crippen molar-refractivity contribution in [2.75, 3.05) is 4.90 Å². The quantitative estimate of drug-likeness (QED) is 0.537. The Hall–Kier alpha value is -2.17. The predicted octanol–water partition coefficient (Wildman–Crippen LogP) is 0.578. The normalized spacial score (nSPS) is 15.8. The number of aryl methyl sites for hydroxylation is 1. The van der Waals surface area contributed by atoms with Gasteiger partial charge >= 0.3 is 17.8 Å². The highest BCUT2D eigenvalue weighted by Gasteiger charge is 2.37. The van der Waals surface area contributed by atoms with Gasteiger partial charge < -0.3 is 0 Å². The molecule has 1 fully saturated rings. The number of carbonyl (C=O) groups excluding carboxylic acids is 3. The van der Waals surface area contributed by atoms with Gasteiger partial charge in [0.1, 0.15) is 0 Å². The van der Waals surface area contributed by atoms with Gasteiger partial charge in [0.2, 0.25) is 0 Å². The third-order valence-electron chi connectivity index (χ3n) is 2.08. The average Bonchev–Trinajstić information content (AvgIpc) is 2.41. The summed E-state index contributed by atoms with van der Waals surface area (Å²) in [4.78, 5) is 34.4. The van der Waals surface area contributed by atoms with Crippen molar-refractivity contribution in [2.45, 2.75) is 6.92 Å². The Labute approximate surface area is 85.7 Å². The molecule has 1 N–H and O–H groups in total. The van der Waals surface area contributed by atoms with Crippen LogP contribution in [-0.4, -0.2) is 17.8 Å². The van der Waals surface area contributed by atoms with Crippen LogP contribution in [0, 0.1) is 6.92 Å². The largest absolute Gasteiger partial charge is 0.336 e. The molecule has 0 aliphatic carbocycles. The van der Waals surface area contributed by atoms with Crippen LogP contribution < -0.4 is 10.2 Å². The van der Waals surface area contributed by atoms with Gasteiger partial charge in [0.15, 0.2) is 0 Å². The number of hydrogen-bond acceptors (Lipinski definition) is 3. The number of nitrogens with zero attached hydrogens (tertiary/aromatic N) is 1. The van der Waals surface area contributed by atoms with Crippen molar-refractivity contribution >= 4 is 23.5 Å². The van der Waals surface area contributed by atoms with E-state index in [-0.39, 0.29) is 0 Å². The molecule has 1 heterocycles. The molecule has 76 valence electrons. The minimum atomic E-state index is -0.887. The zero-order chi connectivity index (χ0) is 11.0. The van der Waals surface area contributed by atoms with E-state index in [4.69, 9.17) is 0 Å². The number of imide groups is 2. The summed E-state index contributed by atoms with van der Waals surface area (Å²) >= 11 is 0. The number of anilines is 1. The second-order valence-corrected chi connectivity index (χ2v) is 3.24. The molecule has 0 aromatic heterocycles. The summed E-state index contributed by atoms with van der Waals surface area (Å²) in [5.74, 6) is -1.73. The molecule has 2 rings (SSSR count). The first-order chi connectivity index (χ1) is 7.09. The lowest BCUT2D eigenvalue weighted by atomic mass is 10.2. The van der Waals surface area contributed by atoms with Gasteiger partial charge in [-0.2, -0.15) is 0 Å². The molecule has 0 unspecified atom stereocenters. The van der Waals surface area contributed by atoms with E-state index in [0.717, 1.165) is 10.5 Å². The fourth-order valence-electron chi connectivity index (χ4n) is 1.40. The molecule has 1 aromatic carbocycles. The molecule has 1 aliphatic rings. The van der Waals surface area contributed by atoms with Gasteiger partial charge in [-0.15, -0.1) is 0 Å². The third-order valence-corrected chi connectivity index (χ3v) is 2.08. The molecule has 5 nitrogen and oxygen atoms in total. The molecule has 0 bridgehead atoms. The van der Waals surface area contributed by atoms with Crippen molar-refractivity contribution in [1.29, 1.82) is 0 Å². The van der Waals surface area contributed by atoms with Gasteiger partial charge in [-0.1, -0.05) is 12.1 Å². The maximum Gasteiger partial charge on any atom is 0.336 e. The number of carbonyl (C=O) groups is 3. The lowest BCUT2D eigenvalue weighted by Gasteiger charge is -2.11. The SMILES string of the molecule is Cc1cccc(N2C(=O)NC(=O)C2=O)c1. The van der Waals surface area contributed by atoms with Crippen LogP contribution in [0.4, 0.5) is 10.5 Å². The maximum absolute atomic E-state index is 11.3. The molecule has 0 saturated carbocycles. The Bertz CT molecular complexity index is 467. The first-order valence-electron chi connectivity index (χ1n) is 4.35. The minimum Gasteiger partial charge on any atom is -0.269 e. The topological polar surface area (TPSA) is 66.5 Å². The van der Waals surface area contributed by atoms with E-state index in [0.29, 0.717) is 5.69 Å². The van der Waals surface area contributed by atoms with Crippen LogP contribution in [0.2, 0.25) is 0 Å². The van der Waals surface area contributed by atoms with Crippen LogP contribution in [0.15, 0.2) is 24.3 Å². The zero-order valence-corrected chi connectivity index (χ0v) is 7.98. The smallest absolute Gasteiger partial charge is 0.269 e. The lowest BCUT2D eigenvalue weighted by molar-refractivity contribution is -0.134. The van der Waals surface area contributed by atoms with Gasteiger partial charge in [-0.3, -0.25) is 14.9 Å². The molecule has 0 atom stereocenters. The van der Waals surface area contributed by atoms with Crippen molar-refractivity contribution in [1.82, 2.24) is 5.32 Å². The number of rotatable bonds is 1. The van der Waals surface area contributed by atoms with Crippen LogP contribution in [0.1, 0.15) is 5.56 Å². The first-order valence-corrected chi connectivity index (χ1v) is 4.35. The van der Waals surface area contributed by atoms with Crippen molar-refractivity contribution in [3.63, 3.8) is 0 Å². The molecular weight excluding hydrogens is 196 g/mol. The summed E-state index contributed by atoms with van der Waals surface area (Å²) in [6.45, 7) is 1.84. The van der Waals surface area contributed by atoms with Gasteiger partial charge in [0.25, 0.3) is 0 Å². The molecule has 1 aromatic rings. The van der Waals surface area contributed by atoms with Gasteiger partial charge in [0.05, 0.1) is 5.69 Å². The Balaban J connectivity index is 2.43. The maximum atomic E-state index is 11.3. The van der Waals surface area contributed by atoms with Crippen molar-refractivity contribution in [3.05, 3.63) is 29.8 Å². The van der Waals surface area contributed by atoms with E-state index in [2.05, 4.69) is 0 Å². The summed E-state index contributed by atoms with van der Waals surface area (Å²) in [6, 6.07) is 6.12. The molecule has 0 radical (unpaired) electrons. The van der Waals surface area contributed by atoms with Crippen LogP contribution >= 0.6 is 0 Å². The van der Waals surface area contributed by atoms with Crippen molar-refractivity contribution in [2.24, 2.45) is 0 Å². The second kappa shape index (κ2) is 3.20. The standard InChI is InChI=1S/C10H8N2O3/c1-6-3-2-4-7(5-6)12-9(14)8(13)11-10(12)15/h2-5H,1H3,(H,11,13,15). The highest BCUT2D eigenvalue weighted by atomic mass is 16.2. The minimum absolute atomic E-state index is 0.406. The Morgan fingerprint density at radius 1 is 1.20 bits per heavy atom. The highest BCUT2D eigenvalue weighted by Crippen LogP contribution is 2.18. The number of hydrogen-bond donors (Lipinski definition) is 1. The number of nitrogens with one attached hydrogen (secondary N) is 1. The second-order valence-electron chi connectivity index (χ2n) is 3.24. The number of benzene rings is 1. The van der Waals surface area contributed by atoms with Crippen LogP contribution in [0.25, 0.3) is 0 Å². The Kier molecular flexibility index (Phi) is 2.00. The van der Waals surface area contributed by atoms with Gasteiger partial charge in [-0.05, 0) is 24.6 Å². The van der Waals surface area contributed by atoms with E-state index in [9.17, 15) is 14.4 Å². The lowest BCUT2D eigenvalue weighted by Crippen LogP contribution is -2.30. The van der Waals surface area contributed by atoms with Gasteiger partial charge in [0, 0.05) is 0 Å². The molecule has 0 spiro atoms. The van der Waals surface area contributed by atoms with Crippen molar-refractivity contribution < 1.29 is 14.4 Å². The molecular formula is C10H8N2O3. The van der Waals surface area contributed by atoms with E-state index in [1.807, 2.05) is 18.3 Å². The van der Waals surface area contributed by atoms with E-state index in [1.54, 1.807) is 18.2 Å². The molecule has 15 heavy (non-hydrogen) atoms. The highest BCUT2D eigenvalue weighted by molar-refractivity contribution is 6.53. The van der Waals surface area contributed by atoms with Crippen LogP contribution in [0.3, 0.4) is 0 Å². The van der Waals surface area contributed by atoms with Crippen molar-refractivity contribution in [3.8, 4) is 0 Å². The summed E-state index contributed by atoms with van der Waals surface area (Å²) in [7, 11) is 0. The van der Waals surface area contributed by atoms with E-state index >= 15 is 0 Å². The summed E-state index contributed by atoms with van der Waals surface area (Å²) in [6.07, 6.45) is 0. The predicted molar refractivity (Wildman–Crippen MR) is 52.2 cm³/mol. The van der Waals surface area contributed by atoms with Crippen LogP contribution in [0.5, 0.6) is 0 Å². The summed E-state index contributed by atoms with van der Waals surface area (Å²) in [5, 5.41) is 1.93.